The Bertz CT molecular complexity index is 570. The molecule has 1 aliphatic rings. The van der Waals surface area contributed by atoms with Gasteiger partial charge < -0.3 is 10.5 Å². The van der Waals surface area contributed by atoms with E-state index in [-0.39, 0.29) is 0 Å². The smallest absolute Gasteiger partial charge is 0.269 e. The number of carbonyl (C=O) groups excluding carboxylic acids is 1. The first-order valence-electron chi connectivity index (χ1n) is 5.61. The Hall–Kier alpha value is -1.88. The molecule has 0 bridgehead atoms. The van der Waals surface area contributed by atoms with Crippen molar-refractivity contribution in [1.29, 1.82) is 0 Å². The third-order valence-electron chi connectivity index (χ3n) is 3.22. The number of hydrogen-bond donors (Lipinski definition) is 2. The number of nitrogens with two attached hydrogens (primary N) is 1. The van der Waals surface area contributed by atoms with Crippen LogP contribution in [0.3, 0.4) is 0 Å². The molecule has 1 unspecified atom stereocenters. The van der Waals surface area contributed by atoms with E-state index in [1.54, 1.807) is 0 Å². The van der Waals surface area contributed by atoms with Gasteiger partial charge in [-0.25, -0.2) is 0 Å². The highest BCUT2D eigenvalue weighted by Gasteiger charge is 2.19. The van der Waals surface area contributed by atoms with Gasteiger partial charge in [-0.2, -0.15) is 5.10 Å². The summed E-state index contributed by atoms with van der Waals surface area (Å²) in [5.41, 5.74) is 7.61. The van der Waals surface area contributed by atoms with Crippen LogP contribution in [0.2, 0.25) is 0 Å². The summed E-state index contributed by atoms with van der Waals surface area (Å²) in [7, 11) is 0. The highest BCUT2D eigenvalue weighted by molar-refractivity contribution is 6.03. The molecule has 1 aromatic heterocycles. The van der Waals surface area contributed by atoms with Gasteiger partial charge in [0.15, 0.2) is 5.69 Å². The molecule has 1 amide bonds. The Kier molecular flexibility index (Phi) is 2.33. The molecule has 88 valence electrons. The summed E-state index contributed by atoms with van der Waals surface area (Å²) in [6.07, 6.45) is 1.04. The monoisotopic (exact) mass is 231 g/mol. The minimum atomic E-state index is -0.506. The van der Waals surface area contributed by atoms with Crippen molar-refractivity contribution in [3.05, 3.63) is 29.5 Å². The molecule has 0 spiro atoms. The molecule has 5 nitrogen and oxygen atoms in total. The molecule has 2 heterocycles. The van der Waals surface area contributed by atoms with Crippen LogP contribution in [0.1, 0.15) is 28.4 Å². The van der Waals surface area contributed by atoms with Crippen molar-refractivity contribution in [2.45, 2.75) is 12.3 Å². The Morgan fingerprint density at radius 1 is 1.53 bits per heavy atom. The molecule has 0 radical (unpaired) electrons. The summed E-state index contributed by atoms with van der Waals surface area (Å²) in [5, 5.41) is 7.55. The van der Waals surface area contributed by atoms with E-state index in [1.807, 2.05) is 18.2 Å². The first-order chi connectivity index (χ1) is 8.25. The van der Waals surface area contributed by atoms with Crippen LogP contribution in [0.25, 0.3) is 10.9 Å². The van der Waals surface area contributed by atoms with E-state index in [1.165, 1.54) is 5.56 Å². The van der Waals surface area contributed by atoms with Crippen LogP contribution in [0, 0.1) is 0 Å². The largest absolute Gasteiger partial charge is 0.381 e. The van der Waals surface area contributed by atoms with Crippen LogP contribution in [-0.4, -0.2) is 29.3 Å². The van der Waals surface area contributed by atoms with E-state index in [2.05, 4.69) is 10.2 Å². The van der Waals surface area contributed by atoms with Crippen LogP contribution in [0.15, 0.2) is 18.2 Å². The van der Waals surface area contributed by atoms with Gasteiger partial charge >= 0.3 is 0 Å². The molecular formula is C12H13N3O2. The molecule has 1 aromatic carbocycles. The maximum absolute atomic E-state index is 11.1. The Morgan fingerprint density at radius 2 is 2.41 bits per heavy atom. The zero-order chi connectivity index (χ0) is 11.8. The zero-order valence-electron chi connectivity index (χ0n) is 9.27. The third-order valence-corrected chi connectivity index (χ3v) is 3.22. The first kappa shape index (κ1) is 10.3. The number of primary amides is 1. The SMILES string of the molecule is NC(=O)c1n[nH]c2cc(C3CCOC3)ccc12. The van der Waals surface area contributed by atoms with Gasteiger partial charge in [-0.1, -0.05) is 12.1 Å². The summed E-state index contributed by atoms with van der Waals surface area (Å²) in [6, 6.07) is 5.93. The number of carbonyl (C=O) groups is 1. The zero-order valence-corrected chi connectivity index (χ0v) is 9.27. The van der Waals surface area contributed by atoms with E-state index < -0.39 is 5.91 Å². The fourth-order valence-electron chi connectivity index (χ4n) is 2.28. The molecule has 1 fully saturated rings. The van der Waals surface area contributed by atoms with E-state index in [4.69, 9.17) is 10.5 Å². The van der Waals surface area contributed by atoms with Crippen LogP contribution < -0.4 is 5.73 Å². The molecule has 1 aliphatic heterocycles. The standard InChI is InChI=1S/C12H13N3O2/c13-12(16)11-9-2-1-7(5-10(9)14-15-11)8-3-4-17-6-8/h1-2,5,8H,3-4,6H2,(H2,13,16)(H,14,15). The van der Waals surface area contributed by atoms with E-state index >= 15 is 0 Å². The molecule has 5 heteroatoms. The van der Waals surface area contributed by atoms with Gasteiger partial charge in [0.2, 0.25) is 0 Å². The third kappa shape index (κ3) is 1.68. The number of fused-ring (bicyclic) bond motifs is 1. The molecule has 17 heavy (non-hydrogen) atoms. The summed E-state index contributed by atoms with van der Waals surface area (Å²) in [4.78, 5) is 11.1. The van der Waals surface area contributed by atoms with Crippen LogP contribution in [-0.2, 0) is 4.74 Å². The lowest BCUT2D eigenvalue weighted by molar-refractivity contribution is 0.0997. The van der Waals surface area contributed by atoms with E-state index in [0.717, 1.165) is 30.5 Å². The molecule has 3 N–H and O–H groups in total. The molecular weight excluding hydrogens is 218 g/mol. The second-order valence-electron chi connectivity index (χ2n) is 4.30. The maximum atomic E-state index is 11.1. The van der Waals surface area contributed by atoms with Gasteiger partial charge in [-0.3, -0.25) is 9.89 Å². The molecule has 1 saturated heterocycles. The van der Waals surface area contributed by atoms with Gasteiger partial charge in [0.05, 0.1) is 12.1 Å². The number of aromatic amines is 1. The second-order valence-corrected chi connectivity index (χ2v) is 4.30. The Balaban J connectivity index is 2.05. The molecule has 3 rings (SSSR count). The van der Waals surface area contributed by atoms with Gasteiger partial charge in [0.25, 0.3) is 5.91 Å². The number of H-pyrrole nitrogens is 1. The maximum Gasteiger partial charge on any atom is 0.269 e. The summed E-state index contributed by atoms with van der Waals surface area (Å²) >= 11 is 0. The first-order valence-corrected chi connectivity index (χ1v) is 5.61. The topological polar surface area (TPSA) is 81.0 Å². The fourth-order valence-corrected chi connectivity index (χ4v) is 2.28. The summed E-state index contributed by atoms with van der Waals surface area (Å²) in [5.74, 6) is -0.0621. The number of benzene rings is 1. The highest BCUT2D eigenvalue weighted by atomic mass is 16.5. The minimum absolute atomic E-state index is 0.300. The lowest BCUT2D eigenvalue weighted by Crippen LogP contribution is -2.11. The second kappa shape index (κ2) is 3.85. The highest BCUT2D eigenvalue weighted by Crippen LogP contribution is 2.28. The fraction of sp³-hybridized carbons (Fsp3) is 0.333. The summed E-state index contributed by atoms with van der Waals surface area (Å²) in [6.45, 7) is 1.58. The van der Waals surface area contributed by atoms with Gasteiger partial charge in [0.1, 0.15) is 0 Å². The van der Waals surface area contributed by atoms with Crippen molar-refractivity contribution in [1.82, 2.24) is 10.2 Å². The molecule has 0 aliphatic carbocycles. The molecule has 1 atom stereocenters. The summed E-state index contributed by atoms with van der Waals surface area (Å²) < 4.78 is 5.37. The van der Waals surface area contributed by atoms with Crippen molar-refractivity contribution in [3.63, 3.8) is 0 Å². The van der Waals surface area contributed by atoms with Crippen molar-refractivity contribution in [3.8, 4) is 0 Å². The number of nitrogens with one attached hydrogen (secondary N) is 1. The van der Waals surface area contributed by atoms with Crippen molar-refractivity contribution in [2.75, 3.05) is 13.2 Å². The van der Waals surface area contributed by atoms with Gasteiger partial charge in [-0.05, 0) is 18.1 Å². The number of nitrogens with zero attached hydrogens (tertiary/aromatic N) is 1. The normalized spacial score (nSPS) is 19.9. The van der Waals surface area contributed by atoms with Crippen LogP contribution in [0.4, 0.5) is 0 Å². The average molecular weight is 231 g/mol. The minimum Gasteiger partial charge on any atom is -0.381 e. The predicted octanol–water partition coefficient (Wildman–Crippen LogP) is 1.17. The van der Waals surface area contributed by atoms with E-state index in [0.29, 0.717) is 11.6 Å². The van der Waals surface area contributed by atoms with Gasteiger partial charge in [-0.15, -0.1) is 0 Å². The average Bonchev–Trinajstić information content (AvgIpc) is 2.97. The number of hydrogen-bond acceptors (Lipinski definition) is 3. The van der Waals surface area contributed by atoms with Crippen LogP contribution in [0.5, 0.6) is 0 Å². The lowest BCUT2D eigenvalue weighted by Gasteiger charge is -2.07. The number of amides is 1. The lowest BCUT2D eigenvalue weighted by atomic mass is 9.97. The van der Waals surface area contributed by atoms with Crippen molar-refractivity contribution in [2.24, 2.45) is 5.73 Å². The quantitative estimate of drug-likeness (QED) is 0.813. The molecule has 0 saturated carbocycles. The number of rotatable bonds is 2. The van der Waals surface area contributed by atoms with Crippen molar-refractivity contribution >= 4 is 16.8 Å². The molecule has 2 aromatic rings. The van der Waals surface area contributed by atoms with Crippen molar-refractivity contribution < 1.29 is 9.53 Å². The number of ether oxygens (including phenoxy) is 1. The van der Waals surface area contributed by atoms with Gasteiger partial charge in [0, 0.05) is 17.9 Å². The number of aromatic nitrogens is 2. The van der Waals surface area contributed by atoms with E-state index in [9.17, 15) is 4.79 Å². The Morgan fingerprint density at radius 3 is 3.12 bits per heavy atom. The van der Waals surface area contributed by atoms with Crippen LogP contribution >= 0.6 is 0 Å². The Labute approximate surface area is 97.9 Å². The predicted molar refractivity (Wildman–Crippen MR) is 62.8 cm³/mol.